The normalized spacial score (nSPS) is 10.8. The summed E-state index contributed by atoms with van der Waals surface area (Å²) in [4.78, 5) is 12.5. The highest BCUT2D eigenvalue weighted by Gasteiger charge is 2.15. The Bertz CT molecular complexity index is 334. The molecule has 1 aromatic heterocycles. The lowest BCUT2D eigenvalue weighted by Gasteiger charge is -2.12. The average molecular weight is 241 g/mol. The number of hydrogen-bond acceptors (Lipinski definition) is 4. The monoisotopic (exact) mass is 241 g/mol. The SMILES string of the molecule is CCc1nnsc1C(=O)NCC(CC)CC. The van der Waals surface area contributed by atoms with Crippen molar-refractivity contribution in [1.29, 1.82) is 0 Å². The fourth-order valence-corrected chi connectivity index (χ4v) is 2.17. The van der Waals surface area contributed by atoms with E-state index in [4.69, 9.17) is 0 Å². The van der Waals surface area contributed by atoms with Crippen LogP contribution in [0.2, 0.25) is 0 Å². The number of carbonyl (C=O) groups excluding carboxylic acids is 1. The van der Waals surface area contributed by atoms with Crippen LogP contribution in [0.4, 0.5) is 0 Å². The van der Waals surface area contributed by atoms with Gasteiger partial charge in [0, 0.05) is 6.54 Å². The number of nitrogens with zero attached hydrogens (tertiary/aromatic N) is 2. The maximum atomic E-state index is 11.8. The molecule has 1 rings (SSSR count). The second-order valence-electron chi connectivity index (χ2n) is 3.79. The van der Waals surface area contributed by atoms with E-state index in [-0.39, 0.29) is 5.91 Å². The van der Waals surface area contributed by atoms with Crippen molar-refractivity contribution in [3.63, 3.8) is 0 Å². The molecule has 0 saturated carbocycles. The van der Waals surface area contributed by atoms with Crippen LogP contribution in [0, 0.1) is 5.92 Å². The number of aromatic nitrogens is 2. The van der Waals surface area contributed by atoms with Crippen LogP contribution in [0.1, 0.15) is 49.0 Å². The van der Waals surface area contributed by atoms with Gasteiger partial charge in [0.1, 0.15) is 4.88 Å². The lowest BCUT2D eigenvalue weighted by atomic mass is 10.0. The molecule has 90 valence electrons. The summed E-state index contributed by atoms with van der Waals surface area (Å²) in [5.74, 6) is 0.536. The van der Waals surface area contributed by atoms with Crippen molar-refractivity contribution in [2.75, 3.05) is 6.54 Å². The Balaban J connectivity index is 2.52. The molecule has 5 heteroatoms. The van der Waals surface area contributed by atoms with Crippen molar-refractivity contribution in [2.24, 2.45) is 5.92 Å². The van der Waals surface area contributed by atoms with Gasteiger partial charge in [0.25, 0.3) is 5.91 Å². The molecule has 0 aliphatic rings. The van der Waals surface area contributed by atoms with Crippen LogP contribution in [-0.2, 0) is 6.42 Å². The smallest absolute Gasteiger partial charge is 0.264 e. The highest BCUT2D eigenvalue weighted by Crippen LogP contribution is 2.11. The molecule has 0 spiro atoms. The van der Waals surface area contributed by atoms with Crippen molar-refractivity contribution in [2.45, 2.75) is 40.0 Å². The Labute approximate surface area is 101 Å². The van der Waals surface area contributed by atoms with E-state index in [1.54, 1.807) is 0 Å². The van der Waals surface area contributed by atoms with Crippen molar-refractivity contribution in [1.82, 2.24) is 14.9 Å². The predicted octanol–water partition coefficient (Wildman–Crippen LogP) is 2.27. The summed E-state index contributed by atoms with van der Waals surface area (Å²) in [5.41, 5.74) is 0.798. The van der Waals surface area contributed by atoms with Gasteiger partial charge in [-0.2, -0.15) is 0 Å². The molecular weight excluding hydrogens is 222 g/mol. The summed E-state index contributed by atoms with van der Waals surface area (Å²) < 4.78 is 3.81. The van der Waals surface area contributed by atoms with Crippen molar-refractivity contribution in [3.05, 3.63) is 10.6 Å². The molecule has 0 aliphatic carbocycles. The average Bonchev–Trinajstić information content (AvgIpc) is 2.78. The van der Waals surface area contributed by atoms with E-state index in [2.05, 4.69) is 28.8 Å². The minimum Gasteiger partial charge on any atom is -0.351 e. The zero-order chi connectivity index (χ0) is 12.0. The molecule has 4 nitrogen and oxygen atoms in total. The van der Waals surface area contributed by atoms with Gasteiger partial charge >= 0.3 is 0 Å². The van der Waals surface area contributed by atoms with Crippen molar-refractivity contribution in [3.8, 4) is 0 Å². The molecule has 0 aliphatic heterocycles. The standard InChI is InChI=1S/C11H19N3OS/c1-4-8(5-2)7-12-11(15)10-9(6-3)13-14-16-10/h8H,4-7H2,1-3H3,(H,12,15). The van der Waals surface area contributed by atoms with Crippen LogP contribution in [0.25, 0.3) is 0 Å². The largest absolute Gasteiger partial charge is 0.351 e. The highest BCUT2D eigenvalue weighted by atomic mass is 32.1. The van der Waals surface area contributed by atoms with Gasteiger partial charge in [-0.1, -0.05) is 38.1 Å². The molecular formula is C11H19N3OS. The number of carbonyl (C=O) groups is 1. The van der Waals surface area contributed by atoms with E-state index < -0.39 is 0 Å². The third kappa shape index (κ3) is 3.27. The van der Waals surface area contributed by atoms with Crippen LogP contribution in [0.5, 0.6) is 0 Å². The van der Waals surface area contributed by atoms with Gasteiger partial charge in [-0.3, -0.25) is 4.79 Å². The first-order chi connectivity index (χ1) is 7.72. The maximum absolute atomic E-state index is 11.8. The van der Waals surface area contributed by atoms with Gasteiger partial charge in [0.2, 0.25) is 0 Å². The van der Waals surface area contributed by atoms with Gasteiger partial charge < -0.3 is 5.32 Å². The molecule has 0 saturated heterocycles. The van der Waals surface area contributed by atoms with E-state index in [1.165, 1.54) is 11.5 Å². The van der Waals surface area contributed by atoms with Crippen LogP contribution in [0.3, 0.4) is 0 Å². The topological polar surface area (TPSA) is 54.9 Å². The highest BCUT2D eigenvalue weighted by molar-refractivity contribution is 7.08. The second kappa shape index (κ2) is 6.58. The first-order valence-electron chi connectivity index (χ1n) is 5.82. The Hall–Kier alpha value is -0.970. The zero-order valence-electron chi connectivity index (χ0n) is 10.1. The van der Waals surface area contributed by atoms with Gasteiger partial charge in [-0.15, -0.1) is 5.10 Å². The molecule has 1 heterocycles. The summed E-state index contributed by atoms with van der Waals surface area (Å²) in [6.45, 7) is 7.01. The Kier molecular flexibility index (Phi) is 5.38. The molecule has 1 amide bonds. The first kappa shape index (κ1) is 13.1. The summed E-state index contributed by atoms with van der Waals surface area (Å²) in [6, 6.07) is 0. The number of amides is 1. The lowest BCUT2D eigenvalue weighted by Crippen LogP contribution is -2.28. The van der Waals surface area contributed by atoms with Crippen molar-refractivity contribution < 1.29 is 4.79 Å². The van der Waals surface area contributed by atoms with Crippen LogP contribution in [0.15, 0.2) is 0 Å². The van der Waals surface area contributed by atoms with Crippen LogP contribution >= 0.6 is 11.5 Å². The molecule has 0 bridgehead atoms. The van der Waals surface area contributed by atoms with E-state index in [9.17, 15) is 4.79 Å². The first-order valence-corrected chi connectivity index (χ1v) is 6.59. The van der Waals surface area contributed by atoms with Crippen LogP contribution in [-0.4, -0.2) is 22.0 Å². The number of aryl methyl sites for hydroxylation is 1. The van der Waals surface area contributed by atoms with Crippen molar-refractivity contribution >= 4 is 17.4 Å². The Morgan fingerprint density at radius 2 is 2.06 bits per heavy atom. The fraction of sp³-hybridized carbons (Fsp3) is 0.727. The fourth-order valence-electron chi connectivity index (χ4n) is 1.51. The van der Waals surface area contributed by atoms with Gasteiger partial charge in [-0.25, -0.2) is 0 Å². The summed E-state index contributed by atoms with van der Waals surface area (Å²) in [7, 11) is 0. The third-order valence-corrected chi connectivity index (χ3v) is 3.57. The van der Waals surface area contributed by atoms with E-state index in [0.29, 0.717) is 10.8 Å². The lowest BCUT2D eigenvalue weighted by molar-refractivity contribution is 0.0949. The van der Waals surface area contributed by atoms with E-state index in [1.807, 2.05) is 6.92 Å². The van der Waals surface area contributed by atoms with Crippen LogP contribution < -0.4 is 5.32 Å². The second-order valence-corrected chi connectivity index (χ2v) is 4.55. The Morgan fingerprint density at radius 1 is 1.38 bits per heavy atom. The maximum Gasteiger partial charge on any atom is 0.264 e. The molecule has 0 atom stereocenters. The molecule has 0 aromatic carbocycles. The van der Waals surface area contributed by atoms with Gasteiger partial charge in [0.15, 0.2) is 0 Å². The molecule has 1 aromatic rings. The predicted molar refractivity (Wildman–Crippen MR) is 65.7 cm³/mol. The van der Waals surface area contributed by atoms with E-state index >= 15 is 0 Å². The summed E-state index contributed by atoms with van der Waals surface area (Å²) in [5, 5.41) is 6.88. The third-order valence-electron chi connectivity index (χ3n) is 2.80. The van der Waals surface area contributed by atoms with Gasteiger partial charge in [0.05, 0.1) is 5.69 Å². The quantitative estimate of drug-likeness (QED) is 0.831. The minimum absolute atomic E-state index is 0.0289. The molecule has 0 radical (unpaired) electrons. The molecule has 1 N–H and O–H groups in total. The minimum atomic E-state index is -0.0289. The molecule has 16 heavy (non-hydrogen) atoms. The summed E-state index contributed by atoms with van der Waals surface area (Å²) in [6.07, 6.45) is 2.95. The molecule has 0 fully saturated rings. The number of rotatable bonds is 6. The van der Waals surface area contributed by atoms with E-state index in [0.717, 1.165) is 31.5 Å². The number of nitrogens with one attached hydrogen (secondary N) is 1. The summed E-state index contributed by atoms with van der Waals surface area (Å²) >= 11 is 1.18. The molecule has 0 unspecified atom stereocenters. The van der Waals surface area contributed by atoms with Gasteiger partial charge in [-0.05, 0) is 23.9 Å². The zero-order valence-corrected chi connectivity index (χ0v) is 10.9. The number of hydrogen-bond donors (Lipinski definition) is 1. The Morgan fingerprint density at radius 3 is 2.62 bits per heavy atom.